The number of nitrogens with zero attached hydrogens (tertiary/aromatic N) is 1. The molecule has 0 saturated heterocycles. The highest BCUT2D eigenvalue weighted by atomic mass is 16.3. The maximum Gasteiger partial charge on any atom is 0.118 e. The minimum Gasteiger partial charge on any atom is -0.508 e. The van der Waals surface area contributed by atoms with Gasteiger partial charge in [0.05, 0.1) is 12.4 Å². The van der Waals surface area contributed by atoms with Gasteiger partial charge in [-0.05, 0) is 47.5 Å². The lowest BCUT2D eigenvalue weighted by Gasteiger charge is -2.28. The minimum absolute atomic E-state index is 0.117. The van der Waals surface area contributed by atoms with Gasteiger partial charge in [0.15, 0.2) is 0 Å². The van der Waals surface area contributed by atoms with Crippen LogP contribution in [0.3, 0.4) is 0 Å². The molecule has 0 fully saturated rings. The van der Waals surface area contributed by atoms with E-state index in [0.29, 0.717) is 12.4 Å². The van der Waals surface area contributed by atoms with Gasteiger partial charge in [-0.3, -0.25) is 5.01 Å². The Labute approximate surface area is 192 Å². The number of rotatable bonds is 8. The normalized spacial score (nSPS) is 10.7. The highest BCUT2D eigenvalue weighted by Gasteiger charge is 2.14. The molecular weight excluding hydrogens is 414 g/mol. The SMILES string of the molecule is NCNN(CNc1ccccc1-c1cc(N)cc(O)c1)c1ccccc1-c1cccc(O)c1. The maximum absolute atomic E-state index is 9.99. The molecule has 168 valence electrons. The third-order valence-electron chi connectivity index (χ3n) is 5.24. The molecule has 7 nitrogen and oxygen atoms in total. The van der Waals surface area contributed by atoms with Crippen LogP contribution >= 0.6 is 0 Å². The van der Waals surface area contributed by atoms with E-state index in [9.17, 15) is 10.2 Å². The van der Waals surface area contributed by atoms with E-state index in [1.54, 1.807) is 18.2 Å². The van der Waals surface area contributed by atoms with Crippen LogP contribution in [0.4, 0.5) is 17.1 Å². The average Bonchev–Trinajstić information content (AvgIpc) is 2.81. The van der Waals surface area contributed by atoms with Gasteiger partial charge >= 0.3 is 0 Å². The third-order valence-corrected chi connectivity index (χ3v) is 5.24. The van der Waals surface area contributed by atoms with Crippen molar-refractivity contribution >= 4 is 17.1 Å². The Morgan fingerprint density at radius 1 is 0.727 bits per heavy atom. The summed E-state index contributed by atoms with van der Waals surface area (Å²) in [5, 5.41) is 25.3. The van der Waals surface area contributed by atoms with E-state index >= 15 is 0 Å². The lowest BCUT2D eigenvalue weighted by Crippen LogP contribution is -2.44. The van der Waals surface area contributed by atoms with Gasteiger partial charge in [0, 0.05) is 28.6 Å². The molecule has 0 bridgehead atoms. The number of para-hydroxylation sites is 2. The minimum atomic E-state index is 0.117. The number of nitrogen functional groups attached to an aromatic ring is 1. The van der Waals surface area contributed by atoms with Crippen LogP contribution in [-0.4, -0.2) is 23.6 Å². The van der Waals surface area contributed by atoms with Crippen molar-refractivity contribution in [3.63, 3.8) is 0 Å². The number of nitrogens with one attached hydrogen (secondary N) is 2. The fourth-order valence-corrected chi connectivity index (χ4v) is 3.81. The molecule has 33 heavy (non-hydrogen) atoms. The number of hydrogen-bond acceptors (Lipinski definition) is 7. The van der Waals surface area contributed by atoms with Crippen LogP contribution in [0, 0.1) is 0 Å². The topological polar surface area (TPSA) is 120 Å². The Bertz CT molecular complexity index is 1220. The van der Waals surface area contributed by atoms with Crippen LogP contribution in [0.1, 0.15) is 0 Å². The monoisotopic (exact) mass is 441 g/mol. The second-order valence-electron chi connectivity index (χ2n) is 7.55. The molecule has 7 heteroatoms. The lowest BCUT2D eigenvalue weighted by molar-refractivity contribution is 0.475. The number of aromatic hydroxyl groups is 2. The van der Waals surface area contributed by atoms with Crippen LogP contribution in [0.2, 0.25) is 0 Å². The van der Waals surface area contributed by atoms with Gasteiger partial charge in [0.1, 0.15) is 18.2 Å². The van der Waals surface area contributed by atoms with Crippen LogP contribution < -0.4 is 27.2 Å². The van der Waals surface area contributed by atoms with Crippen molar-refractivity contribution in [1.29, 1.82) is 0 Å². The second kappa shape index (κ2) is 9.95. The molecule has 0 radical (unpaired) electrons. The van der Waals surface area contributed by atoms with E-state index < -0.39 is 0 Å². The molecule has 4 aromatic rings. The highest BCUT2D eigenvalue weighted by Crippen LogP contribution is 2.34. The summed E-state index contributed by atoms with van der Waals surface area (Å²) in [6, 6.07) is 27.9. The summed E-state index contributed by atoms with van der Waals surface area (Å²) in [6.45, 7) is 0.638. The first-order valence-corrected chi connectivity index (χ1v) is 10.6. The summed E-state index contributed by atoms with van der Waals surface area (Å²) in [4.78, 5) is 0. The molecule has 4 rings (SSSR count). The van der Waals surface area contributed by atoms with Gasteiger partial charge in [-0.2, -0.15) is 0 Å². The Hall–Kier alpha value is -4.20. The smallest absolute Gasteiger partial charge is 0.118 e. The van der Waals surface area contributed by atoms with Gasteiger partial charge in [-0.1, -0.05) is 48.5 Å². The molecule has 0 saturated carbocycles. The van der Waals surface area contributed by atoms with Crippen molar-refractivity contribution in [2.45, 2.75) is 0 Å². The first kappa shape index (κ1) is 22.0. The van der Waals surface area contributed by atoms with E-state index in [4.69, 9.17) is 11.5 Å². The first-order valence-electron chi connectivity index (χ1n) is 10.6. The van der Waals surface area contributed by atoms with Gasteiger partial charge in [-0.25, -0.2) is 5.43 Å². The van der Waals surface area contributed by atoms with Crippen molar-refractivity contribution in [2.24, 2.45) is 5.73 Å². The lowest BCUT2D eigenvalue weighted by atomic mass is 10.0. The van der Waals surface area contributed by atoms with E-state index in [1.807, 2.05) is 71.7 Å². The predicted molar refractivity (Wildman–Crippen MR) is 135 cm³/mol. The summed E-state index contributed by atoms with van der Waals surface area (Å²) in [7, 11) is 0. The van der Waals surface area contributed by atoms with Crippen LogP contribution in [-0.2, 0) is 0 Å². The van der Waals surface area contributed by atoms with Crippen molar-refractivity contribution in [3.05, 3.63) is 91.0 Å². The molecule has 0 heterocycles. The highest BCUT2D eigenvalue weighted by molar-refractivity contribution is 5.82. The van der Waals surface area contributed by atoms with Crippen molar-refractivity contribution in [2.75, 3.05) is 29.4 Å². The Morgan fingerprint density at radius 2 is 1.45 bits per heavy atom. The standard InChI is InChI=1S/C26H27N5O2/c27-16-30-31(26-11-4-2-9-24(26)18-6-5-7-21(32)13-18)17-29-25-10-3-1-8-23(25)19-12-20(28)15-22(33)14-19/h1-15,29-30,32-33H,16-17,27-28H2. The largest absolute Gasteiger partial charge is 0.508 e. The number of anilines is 3. The zero-order chi connectivity index (χ0) is 23.2. The number of nitrogens with two attached hydrogens (primary N) is 2. The van der Waals surface area contributed by atoms with Crippen LogP contribution in [0.25, 0.3) is 22.3 Å². The number of hydrazine groups is 1. The van der Waals surface area contributed by atoms with E-state index in [0.717, 1.165) is 33.6 Å². The molecule has 0 amide bonds. The third kappa shape index (κ3) is 5.17. The van der Waals surface area contributed by atoms with Gasteiger partial charge < -0.3 is 27.0 Å². The quantitative estimate of drug-likeness (QED) is 0.137. The molecule has 0 aromatic heterocycles. The van der Waals surface area contributed by atoms with Crippen molar-refractivity contribution < 1.29 is 10.2 Å². The van der Waals surface area contributed by atoms with Crippen LogP contribution in [0.5, 0.6) is 11.5 Å². The fourth-order valence-electron chi connectivity index (χ4n) is 3.81. The van der Waals surface area contributed by atoms with Crippen molar-refractivity contribution in [1.82, 2.24) is 5.43 Å². The molecule has 8 N–H and O–H groups in total. The fraction of sp³-hybridized carbons (Fsp3) is 0.0769. The van der Waals surface area contributed by atoms with Gasteiger partial charge in [0.2, 0.25) is 0 Å². The maximum atomic E-state index is 9.99. The van der Waals surface area contributed by atoms with Crippen molar-refractivity contribution in [3.8, 4) is 33.8 Å². The number of phenols is 2. The van der Waals surface area contributed by atoms with Gasteiger partial charge in [-0.15, -0.1) is 0 Å². The Balaban J connectivity index is 1.64. The molecule has 4 aromatic carbocycles. The summed E-state index contributed by atoms with van der Waals surface area (Å²) >= 11 is 0. The number of hydrogen-bond donors (Lipinski definition) is 6. The molecule has 0 atom stereocenters. The summed E-state index contributed by atoms with van der Waals surface area (Å²) in [5.41, 5.74) is 20.8. The molecule has 0 unspecified atom stereocenters. The Kier molecular flexibility index (Phi) is 6.64. The second-order valence-corrected chi connectivity index (χ2v) is 7.55. The zero-order valence-electron chi connectivity index (χ0n) is 18.1. The zero-order valence-corrected chi connectivity index (χ0v) is 18.1. The Morgan fingerprint density at radius 3 is 2.21 bits per heavy atom. The van der Waals surface area contributed by atoms with Crippen LogP contribution in [0.15, 0.2) is 91.0 Å². The first-order chi connectivity index (χ1) is 16.0. The molecular formula is C26H27N5O2. The average molecular weight is 442 g/mol. The number of phenolic OH excluding ortho intramolecular Hbond substituents is 2. The summed E-state index contributed by atoms with van der Waals surface area (Å²) < 4.78 is 0. The van der Waals surface area contributed by atoms with Gasteiger partial charge in [0.25, 0.3) is 0 Å². The number of benzene rings is 4. The molecule has 0 aliphatic carbocycles. The molecule has 0 aliphatic rings. The van der Waals surface area contributed by atoms with E-state index in [2.05, 4.69) is 10.7 Å². The summed E-state index contributed by atoms with van der Waals surface area (Å²) in [5.74, 6) is 0.323. The summed E-state index contributed by atoms with van der Waals surface area (Å²) in [6.07, 6.45) is 0. The van der Waals surface area contributed by atoms with E-state index in [1.165, 1.54) is 6.07 Å². The molecule has 0 aliphatic heterocycles. The predicted octanol–water partition coefficient (Wildman–Crippen LogP) is 4.31. The van der Waals surface area contributed by atoms with E-state index in [-0.39, 0.29) is 18.2 Å². The molecule has 0 spiro atoms.